The van der Waals surface area contributed by atoms with Crippen LogP contribution in [0.15, 0.2) is 47.4 Å². The molecule has 0 aliphatic carbocycles. The van der Waals surface area contributed by atoms with Crippen LogP contribution in [0.5, 0.6) is 0 Å². The number of carboxylic acid groups (broad SMARTS) is 2. The number of hydrogen-bond donors (Lipinski definition) is 3. The van der Waals surface area contributed by atoms with Crippen LogP contribution in [0.1, 0.15) is 27.6 Å². The third kappa shape index (κ3) is 7.68. The van der Waals surface area contributed by atoms with Gasteiger partial charge in [0.1, 0.15) is 0 Å². The normalized spacial score (nSPS) is 13.9. The number of carbonyl (C=O) groups excluding carboxylic acids is 1. The first-order chi connectivity index (χ1) is 16.2. The third-order valence-electron chi connectivity index (χ3n) is 4.65. The second kappa shape index (κ2) is 11.2. The lowest BCUT2D eigenvalue weighted by atomic mass is 10.1. The zero-order valence-corrected chi connectivity index (χ0v) is 19.0. The second-order valence-electron chi connectivity index (χ2n) is 7.13. The summed E-state index contributed by atoms with van der Waals surface area (Å²) in [5.74, 6) is -4.08. The maximum absolute atomic E-state index is 12.8. The highest BCUT2D eigenvalue weighted by Gasteiger charge is 2.38. The Labute approximate surface area is 198 Å². The smallest absolute Gasteiger partial charge is 0.478 e. The Kier molecular flexibility index (Phi) is 8.82. The van der Waals surface area contributed by atoms with Crippen LogP contribution < -0.4 is 9.62 Å². The number of Topliss-reactive ketones (excluding diaryl/α,β-unsaturated/α-hetero) is 1. The Morgan fingerprint density at radius 2 is 1.49 bits per heavy atom. The molecule has 3 rings (SSSR count). The number of nitrogens with zero attached hydrogens (tertiary/aromatic N) is 1. The topological polar surface area (TPSA) is 150 Å². The van der Waals surface area contributed by atoms with Gasteiger partial charge in [-0.2, -0.15) is 13.2 Å². The minimum atomic E-state index is -5.08. The number of rotatable bonds is 6. The quantitative estimate of drug-likeness (QED) is 0.491. The van der Waals surface area contributed by atoms with Crippen LogP contribution in [0.25, 0.3) is 0 Å². The van der Waals surface area contributed by atoms with Gasteiger partial charge in [0.05, 0.1) is 35.0 Å². The summed E-state index contributed by atoms with van der Waals surface area (Å²) >= 11 is 0. The van der Waals surface area contributed by atoms with Crippen molar-refractivity contribution in [2.75, 3.05) is 35.9 Å². The number of hydrogen-bond acceptors (Lipinski definition) is 7. The van der Waals surface area contributed by atoms with E-state index in [9.17, 15) is 36.3 Å². The van der Waals surface area contributed by atoms with Crippen LogP contribution in [0.2, 0.25) is 0 Å². The minimum Gasteiger partial charge on any atom is -0.478 e. The molecular weight excluding hydrogens is 497 g/mol. The monoisotopic (exact) mass is 518 g/mol. The number of sulfonamides is 1. The van der Waals surface area contributed by atoms with Gasteiger partial charge in [0.25, 0.3) is 10.0 Å². The molecule has 1 heterocycles. The van der Waals surface area contributed by atoms with E-state index in [0.717, 1.165) is 0 Å². The van der Waals surface area contributed by atoms with Gasteiger partial charge in [-0.05, 0) is 37.3 Å². The van der Waals surface area contributed by atoms with Gasteiger partial charge in [-0.15, -0.1) is 0 Å². The lowest BCUT2D eigenvalue weighted by molar-refractivity contribution is -0.192. The van der Waals surface area contributed by atoms with Gasteiger partial charge < -0.3 is 19.8 Å². The van der Waals surface area contributed by atoms with E-state index in [1.165, 1.54) is 43.3 Å². The highest BCUT2D eigenvalue weighted by molar-refractivity contribution is 7.92. The van der Waals surface area contributed by atoms with Gasteiger partial charge in [-0.3, -0.25) is 9.52 Å². The molecule has 1 saturated heterocycles. The number of ether oxygens (including phenoxy) is 1. The average molecular weight is 518 g/mol. The highest BCUT2D eigenvalue weighted by Crippen LogP contribution is 2.30. The number of anilines is 2. The number of halogens is 3. The van der Waals surface area contributed by atoms with E-state index >= 15 is 0 Å². The fourth-order valence-corrected chi connectivity index (χ4v) is 3.97. The predicted octanol–water partition coefficient (Wildman–Crippen LogP) is 2.86. The Hall–Kier alpha value is -3.65. The fraction of sp³-hybridized carbons (Fsp3) is 0.286. The van der Waals surface area contributed by atoms with E-state index in [1.807, 2.05) is 4.90 Å². The molecule has 0 spiro atoms. The molecule has 0 radical (unpaired) electrons. The number of benzene rings is 2. The minimum absolute atomic E-state index is 0.0221. The summed E-state index contributed by atoms with van der Waals surface area (Å²) in [6, 6.07) is 9.89. The summed E-state index contributed by atoms with van der Waals surface area (Å²) in [5, 5.41) is 16.4. The van der Waals surface area contributed by atoms with Gasteiger partial charge in [0, 0.05) is 18.7 Å². The van der Waals surface area contributed by atoms with Gasteiger partial charge >= 0.3 is 18.1 Å². The zero-order valence-electron chi connectivity index (χ0n) is 18.2. The summed E-state index contributed by atoms with van der Waals surface area (Å²) in [4.78, 5) is 33.5. The maximum atomic E-state index is 12.8. The number of carbonyl (C=O) groups is 3. The molecule has 35 heavy (non-hydrogen) atoms. The largest absolute Gasteiger partial charge is 0.490 e. The maximum Gasteiger partial charge on any atom is 0.490 e. The Balaban J connectivity index is 0.000000540. The van der Waals surface area contributed by atoms with Crippen molar-refractivity contribution in [1.29, 1.82) is 0 Å². The number of ketones is 1. The number of aliphatic carboxylic acids is 1. The molecule has 14 heteroatoms. The van der Waals surface area contributed by atoms with E-state index in [2.05, 4.69) is 4.72 Å². The molecule has 190 valence electrons. The zero-order chi connectivity index (χ0) is 26.4. The lowest BCUT2D eigenvalue weighted by Gasteiger charge is -2.30. The first-order valence-electron chi connectivity index (χ1n) is 9.86. The van der Waals surface area contributed by atoms with E-state index < -0.39 is 28.1 Å². The van der Waals surface area contributed by atoms with Gasteiger partial charge in [-0.25, -0.2) is 18.0 Å². The van der Waals surface area contributed by atoms with E-state index in [-0.39, 0.29) is 21.9 Å². The van der Waals surface area contributed by atoms with Gasteiger partial charge in [0.2, 0.25) is 0 Å². The number of morpholine rings is 1. The van der Waals surface area contributed by atoms with Gasteiger partial charge in [0.15, 0.2) is 5.78 Å². The molecule has 0 atom stereocenters. The SMILES string of the molecule is CC(=O)c1ccc(S(=O)(=O)Nc2cc(C(=O)O)ccc2N2CCOCC2)cc1.O=C(O)C(F)(F)F. The molecular formula is C21H21F3N2O8S. The van der Waals surface area contributed by atoms with Crippen molar-refractivity contribution in [3.05, 3.63) is 53.6 Å². The standard InChI is InChI=1S/C19H20N2O6S.C2HF3O2/c1-13(22)14-2-5-16(6-3-14)28(25,26)20-17-12-15(19(23)24)4-7-18(17)21-8-10-27-11-9-21;3-2(4,5)1(6)7/h2-7,12,20H,8-11H2,1H3,(H,23,24);(H,6,7). The van der Waals surface area contributed by atoms with E-state index in [1.54, 1.807) is 6.07 Å². The average Bonchev–Trinajstić information content (AvgIpc) is 2.79. The predicted molar refractivity (Wildman–Crippen MR) is 117 cm³/mol. The van der Waals surface area contributed by atoms with Crippen molar-refractivity contribution in [3.8, 4) is 0 Å². The molecule has 2 aromatic carbocycles. The Morgan fingerprint density at radius 3 is 1.94 bits per heavy atom. The molecule has 1 fully saturated rings. The molecule has 0 unspecified atom stereocenters. The van der Waals surface area contributed by atoms with Crippen LogP contribution in [-0.4, -0.2) is 68.8 Å². The van der Waals surface area contributed by atoms with E-state index in [4.69, 9.17) is 14.6 Å². The van der Waals surface area contributed by atoms with Crippen LogP contribution in [0, 0.1) is 0 Å². The van der Waals surface area contributed by atoms with Crippen molar-refractivity contribution in [2.45, 2.75) is 18.0 Å². The van der Waals surface area contributed by atoms with Crippen molar-refractivity contribution < 1.29 is 50.9 Å². The molecule has 0 saturated carbocycles. The summed E-state index contributed by atoms with van der Waals surface area (Å²) < 4.78 is 65.2. The molecule has 3 N–H and O–H groups in total. The van der Waals surface area contributed by atoms with Crippen LogP contribution in [-0.2, 0) is 19.6 Å². The number of aromatic carboxylic acids is 1. The Morgan fingerprint density at radius 1 is 0.971 bits per heavy atom. The highest BCUT2D eigenvalue weighted by atomic mass is 32.2. The van der Waals surface area contributed by atoms with Crippen molar-refractivity contribution >= 4 is 39.1 Å². The van der Waals surface area contributed by atoms with Crippen molar-refractivity contribution in [2.24, 2.45) is 0 Å². The fourth-order valence-electron chi connectivity index (χ4n) is 2.90. The molecule has 0 amide bonds. The molecule has 2 aromatic rings. The molecule has 0 bridgehead atoms. The summed E-state index contributed by atoms with van der Waals surface area (Å²) in [5.41, 5.74) is 1.14. The summed E-state index contributed by atoms with van der Waals surface area (Å²) in [6.45, 7) is 3.52. The van der Waals surface area contributed by atoms with Crippen molar-refractivity contribution in [3.63, 3.8) is 0 Å². The summed E-state index contributed by atoms with van der Waals surface area (Å²) in [6.07, 6.45) is -5.08. The molecule has 1 aliphatic rings. The van der Waals surface area contributed by atoms with Gasteiger partial charge in [-0.1, -0.05) is 12.1 Å². The molecule has 0 aromatic heterocycles. The van der Waals surface area contributed by atoms with Crippen LogP contribution in [0.4, 0.5) is 24.5 Å². The first-order valence-corrected chi connectivity index (χ1v) is 11.3. The number of nitrogens with one attached hydrogen (secondary N) is 1. The van der Waals surface area contributed by atoms with Crippen LogP contribution in [0.3, 0.4) is 0 Å². The van der Waals surface area contributed by atoms with Crippen LogP contribution >= 0.6 is 0 Å². The molecule has 1 aliphatic heterocycles. The first kappa shape index (κ1) is 27.6. The molecule has 10 nitrogen and oxygen atoms in total. The number of alkyl halides is 3. The number of carboxylic acids is 2. The Bertz CT molecular complexity index is 1190. The second-order valence-corrected chi connectivity index (χ2v) is 8.81. The van der Waals surface area contributed by atoms with E-state index in [0.29, 0.717) is 37.6 Å². The lowest BCUT2D eigenvalue weighted by Crippen LogP contribution is -2.36. The van der Waals surface area contributed by atoms with Crippen molar-refractivity contribution in [1.82, 2.24) is 0 Å². The summed E-state index contributed by atoms with van der Waals surface area (Å²) in [7, 11) is -3.97. The third-order valence-corrected chi connectivity index (χ3v) is 6.03.